The summed E-state index contributed by atoms with van der Waals surface area (Å²) in [6, 6.07) is 0. The van der Waals surface area contributed by atoms with E-state index < -0.39 is 0 Å². The van der Waals surface area contributed by atoms with Gasteiger partial charge in [0.1, 0.15) is 0 Å². The van der Waals surface area contributed by atoms with E-state index in [-0.39, 0.29) is 11.8 Å². The third-order valence-electron chi connectivity index (χ3n) is 2.69. The van der Waals surface area contributed by atoms with Crippen molar-refractivity contribution in [3.05, 3.63) is 18.2 Å². The number of rotatable bonds is 4. The van der Waals surface area contributed by atoms with Crippen LogP contribution in [0.5, 0.6) is 0 Å². The predicted octanol–water partition coefficient (Wildman–Crippen LogP) is 0.724. The Morgan fingerprint density at radius 3 is 3.14 bits per heavy atom. The van der Waals surface area contributed by atoms with Crippen molar-refractivity contribution in [2.45, 2.75) is 19.8 Å². The van der Waals surface area contributed by atoms with E-state index in [9.17, 15) is 4.79 Å². The Labute approximate surface area is 83.1 Å². The molecule has 0 aliphatic heterocycles. The van der Waals surface area contributed by atoms with Gasteiger partial charge in [-0.05, 0) is 12.3 Å². The summed E-state index contributed by atoms with van der Waals surface area (Å²) in [6.45, 7) is 2.81. The molecule has 2 unspecified atom stereocenters. The molecule has 4 heteroatoms. The SMILES string of the molecule is CC1CC1C(=O)NCCc1cnc[nH]1. The maximum absolute atomic E-state index is 11.4. The number of amides is 1. The highest BCUT2D eigenvalue weighted by molar-refractivity contribution is 5.81. The summed E-state index contributed by atoms with van der Waals surface area (Å²) in [4.78, 5) is 18.3. The molecule has 0 radical (unpaired) electrons. The quantitative estimate of drug-likeness (QED) is 0.740. The minimum atomic E-state index is 0.206. The number of imidazole rings is 1. The largest absolute Gasteiger partial charge is 0.355 e. The molecule has 1 aliphatic carbocycles. The smallest absolute Gasteiger partial charge is 0.223 e. The van der Waals surface area contributed by atoms with E-state index in [0.717, 1.165) is 18.5 Å². The van der Waals surface area contributed by atoms with Gasteiger partial charge in [-0.1, -0.05) is 6.92 Å². The molecule has 1 aromatic heterocycles. The van der Waals surface area contributed by atoms with Crippen LogP contribution in [-0.2, 0) is 11.2 Å². The summed E-state index contributed by atoms with van der Waals surface area (Å²) < 4.78 is 0. The molecular weight excluding hydrogens is 178 g/mol. The first-order valence-corrected chi connectivity index (χ1v) is 5.02. The lowest BCUT2D eigenvalue weighted by Gasteiger charge is -2.02. The van der Waals surface area contributed by atoms with Crippen molar-refractivity contribution in [1.29, 1.82) is 0 Å². The highest BCUT2D eigenvalue weighted by Crippen LogP contribution is 2.37. The number of aromatic nitrogens is 2. The molecule has 0 bridgehead atoms. The van der Waals surface area contributed by atoms with Gasteiger partial charge in [-0.3, -0.25) is 4.79 Å². The minimum absolute atomic E-state index is 0.206. The zero-order valence-electron chi connectivity index (χ0n) is 8.29. The van der Waals surface area contributed by atoms with Crippen LogP contribution >= 0.6 is 0 Å². The molecule has 1 heterocycles. The fourth-order valence-electron chi connectivity index (χ4n) is 1.56. The van der Waals surface area contributed by atoms with Crippen molar-refractivity contribution in [3.8, 4) is 0 Å². The summed E-state index contributed by atoms with van der Waals surface area (Å²) in [6.07, 6.45) is 5.31. The molecule has 2 rings (SSSR count). The lowest BCUT2D eigenvalue weighted by atomic mass is 10.3. The van der Waals surface area contributed by atoms with Gasteiger partial charge in [0.15, 0.2) is 0 Å². The normalized spacial score (nSPS) is 24.6. The molecule has 0 spiro atoms. The van der Waals surface area contributed by atoms with Crippen LogP contribution in [0.3, 0.4) is 0 Å². The molecule has 4 nitrogen and oxygen atoms in total. The monoisotopic (exact) mass is 193 g/mol. The highest BCUT2D eigenvalue weighted by Gasteiger charge is 2.38. The van der Waals surface area contributed by atoms with Gasteiger partial charge >= 0.3 is 0 Å². The molecule has 1 saturated carbocycles. The second-order valence-corrected chi connectivity index (χ2v) is 3.94. The van der Waals surface area contributed by atoms with Crippen LogP contribution in [0.4, 0.5) is 0 Å². The molecule has 1 fully saturated rings. The van der Waals surface area contributed by atoms with Gasteiger partial charge < -0.3 is 10.3 Å². The van der Waals surface area contributed by atoms with Crippen LogP contribution in [0.1, 0.15) is 19.0 Å². The standard InChI is InChI=1S/C10H15N3O/c1-7-4-9(7)10(14)12-3-2-8-5-11-6-13-8/h5-7,9H,2-4H2,1H3,(H,11,13)(H,12,14). The molecular formula is C10H15N3O. The average Bonchev–Trinajstić information content (AvgIpc) is 2.68. The van der Waals surface area contributed by atoms with Gasteiger partial charge in [0, 0.05) is 30.8 Å². The fourth-order valence-corrected chi connectivity index (χ4v) is 1.56. The second-order valence-electron chi connectivity index (χ2n) is 3.94. The average molecular weight is 193 g/mol. The number of nitrogens with zero attached hydrogens (tertiary/aromatic N) is 1. The number of hydrogen-bond donors (Lipinski definition) is 2. The summed E-state index contributed by atoms with van der Waals surface area (Å²) in [5.41, 5.74) is 1.06. The molecule has 14 heavy (non-hydrogen) atoms. The number of H-pyrrole nitrogens is 1. The van der Waals surface area contributed by atoms with Crippen molar-refractivity contribution in [2.75, 3.05) is 6.54 Å². The first kappa shape index (κ1) is 9.24. The predicted molar refractivity (Wildman–Crippen MR) is 52.6 cm³/mol. The van der Waals surface area contributed by atoms with Crippen molar-refractivity contribution < 1.29 is 4.79 Å². The van der Waals surface area contributed by atoms with Crippen molar-refractivity contribution in [2.24, 2.45) is 11.8 Å². The molecule has 2 atom stereocenters. The number of nitrogens with one attached hydrogen (secondary N) is 2. The molecule has 0 saturated heterocycles. The molecule has 1 aromatic rings. The zero-order valence-corrected chi connectivity index (χ0v) is 8.29. The van der Waals surface area contributed by atoms with Crippen LogP contribution in [0, 0.1) is 11.8 Å². The van der Waals surface area contributed by atoms with Gasteiger partial charge in [0.05, 0.1) is 6.33 Å². The van der Waals surface area contributed by atoms with Crippen LogP contribution in [0.2, 0.25) is 0 Å². The summed E-state index contributed by atoms with van der Waals surface area (Å²) in [5.74, 6) is 1.07. The molecule has 0 aromatic carbocycles. The zero-order chi connectivity index (χ0) is 9.97. The third kappa shape index (κ3) is 2.13. The van der Waals surface area contributed by atoms with Crippen molar-refractivity contribution >= 4 is 5.91 Å². The van der Waals surface area contributed by atoms with Gasteiger partial charge in [-0.25, -0.2) is 4.98 Å². The number of carbonyl (C=O) groups excluding carboxylic acids is 1. The first-order chi connectivity index (χ1) is 6.77. The summed E-state index contributed by atoms with van der Waals surface area (Å²) >= 11 is 0. The Bertz CT molecular complexity index is 307. The van der Waals surface area contributed by atoms with Gasteiger partial charge in [0.2, 0.25) is 5.91 Å². The first-order valence-electron chi connectivity index (χ1n) is 5.02. The summed E-state index contributed by atoms with van der Waals surface area (Å²) in [5, 5.41) is 2.93. The number of hydrogen-bond acceptors (Lipinski definition) is 2. The van der Waals surface area contributed by atoms with Crippen molar-refractivity contribution in [3.63, 3.8) is 0 Å². The molecule has 2 N–H and O–H groups in total. The Hall–Kier alpha value is -1.32. The Morgan fingerprint density at radius 1 is 1.79 bits per heavy atom. The van der Waals surface area contributed by atoms with Gasteiger partial charge in [-0.2, -0.15) is 0 Å². The molecule has 1 aliphatic rings. The van der Waals surface area contributed by atoms with E-state index in [2.05, 4.69) is 22.2 Å². The Balaban J connectivity index is 1.66. The van der Waals surface area contributed by atoms with E-state index in [0.29, 0.717) is 12.5 Å². The van der Waals surface area contributed by atoms with E-state index in [4.69, 9.17) is 0 Å². The molecule has 76 valence electrons. The van der Waals surface area contributed by atoms with E-state index in [1.165, 1.54) is 0 Å². The fraction of sp³-hybridized carbons (Fsp3) is 0.600. The minimum Gasteiger partial charge on any atom is -0.355 e. The lowest BCUT2D eigenvalue weighted by molar-refractivity contribution is -0.122. The second kappa shape index (κ2) is 3.82. The van der Waals surface area contributed by atoms with E-state index in [1.807, 2.05) is 0 Å². The molecule has 1 amide bonds. The van der Waals surface area contributed by atoms with Crippen LogP contribution in [0.25, 0.3) is 0 Å². The number of aromatic amines is 1. The van der Waals surface area contributed by atoms with E-state index >= 15 is 0 Å². The summed E-state index contributed by atoms with van der Waals surface area (Å²) in [7, 11) is 0. The number of carbonyl (C=O) groups is 1. The maximum atomic E-state index is 11.4. The van der Waals surface area contributed by atoms with Crippen LogP contribution in [-0.4, -0.2) is 22.4 Å². The van der Waals surface area contributed by atoms with Gasteiger partial charge in [-0.15, -0.1) is 0 Å². The Kier molecular flexibility index (Phi) is 2.52. The topological polar surface area (TPSA) is 57.8 Å². The van der Waals surface area contributed by atoms with E-state index in [1.54, 1.807) is 12.5 Å². The maximum Gasteiger partial charge on any atom is 0.223 e. The van der Waals surface area contributed by atoms with Gasteiger partial charge in [0.25, 0.3) is 0 Å². The van der Waals surface area contributed by atoms with Crippen LogP contribution in [0.15, 0.2) is 12.5 Å². The Morgan fingerprint density at radius 2 is 2.57 bits per heavy atom. The highest BCUT2D eigenvalue weighted by atomic mass is 16.2. The third-order valence-corrected chi connectivity index (χ3v) is 2.69. The lowest BCUT2D eigenvalue weighted by Crippen LogP contribution is -2.27. The van der Waals surface area contributed by atoms with Crippen molar-refractivity contribution in [1.82, 2.24) is 15.3 Å². The van der Waals surface area contributed by atoms with Crippen LogP contribution < -0.4 is 5.32 Å².